The summed E-state index contributed by atoms with van der Waals surface area (Å²) in [5.74, 6) is -2.82. The first-order valence-corrected chi connectivity index (χ1v) is 10.2. The Morgan fingerprint density at radius 1 is 1.36 bits per heavy atom. The highest BCUT2D eigenvalue weighted by molar-refractivity contribution is 5.90. The van der Waals surface area contributed by atoms with E-state index in [1.165, 1.54) is 11.1 Å². The lowest BCUT2D eigenvalue weighted by Gasteiger charge is -2.31. The first-order valence-electron chi connectivity index (χ1n) is 10.2. The van der Waals surface area contributed by atoms with Crippen molar-refractivity contribution < 1.29 is 19.4 Å². The minimum absolute atomic E-state index is 0.0958. The number of likely N-dealkylation sites (tertiary alicyclic amines) is 1. The van der Waals surface area contributed by atoms with Gasteiger partial charge in [-0.3, -0.25) is 4.79 Å². The van der Waals surface area contributed by atoms with Gasteiger partial charge in [0.05, 0.1) is 18.6 Å². The molecule has 0 N–H and O–H groups in total. The second-order valence-electron chi connectivity index (χ2n) is 9.65. The topological polar surface area (TPSA) is 69.7 Å². The van der Waals surface area contributed by atoms with Crippen molar-refractivity contribution in [2.75, 3.05) is 13.1 Å². The minimum Gasteiger partial charge on any atom is -0.550 e. The van der Waals surface area contributed by atoms with Gasteiger partial charge in [-0.1, -0.05) is 49.3 Å². The molecule has 28 heavy (non-hydrogen) atoms. The molecule has 2 saturated heterocycles. The highest BCUT2D eigenvalue weighted by atomic mass is 16.5. The number of nitrogens with zero attached hydrogens (tertiary/aromatic N) is 1. The molecule has 5 heteroatoms. The molecule has 3 aliphatic heterocycles. The summed E-state index contributed by atoms with van der Waals surface area (Å²) in [6.45, 7) is 11.7. The zero-order valence-corrected chi connectivity index (χ0v) is 17.7. The van der Waals surface area contributed by atoms with Crippen molar-refractivity contribution in [3.63, 3.8) is 0 Å². The van der Waals surface area contributed by atoms with E-state index in [-0.39, 0.29) is 11.3 Å². The molecule has 0 radical (unpaired) electrons. The van der Waals surface area contributed by atoms with E-state index in [0.29, 0.717) is 13.1 Å². The predicted molar refractivity (Wildman–Crippen MR) is 106 cm³/mol. The lowest BCUT2D eigenvalue weighted by Crippen LogP contribution is -2.45. The van der Waals surface area contributed by atoms with Crippen molar-refractivity contribution in [1.82, 2.24) is 4.90 Å². The van der Waals surface area contributed by atoms with Gasteiger partial charge in [-0.2, -0.15) is 0 Å². The van der Waals surface area contributed by atoms with Crippen LogP contribution in [0, 0.1) is 17.3 Å². The van der Waals surface area contributed by atoms with Crippen molar-refractivity contribution in [3.8, 4) is 0 Å². The molecule has 154 valence electrons. The average molecular weight is 387 g/mol. The van der Waals surface area contributed by atoms with Gasteiger partial charge in [-0.15, -0.1) is 0 Å². The van der Waals surface area contributed by atoms with Crippen LogP contribution in [-0.4, -0.2) is 41.6 Å². The lowest BCUT2D eigenvalue weighted by atomic mass is 9.77. The largest absolute Gasteiger partial charge is 0.550 e. The summed E-state index contributed by atoms with van der Waals surface area (Å²) in [6.07, 6.45) is 10.6. The van der Waals surface area contributed by atoms with Crippen LogP contribution in [0.4, 0.5) is 0 Å². The monoisotopic (exact) mass is 386 g/mol. The molecule has 0 aliphatic carbocycles. The van der Waals surface area contributed by atoms with Crippen molar-refractivity contribution in [2.24, 2.45) is 17.3 Å². The van der Waals surface area contributed by atoms with Crippen molar-refractivity contribution in [3.05, 3.63) is 35.5 Å². The number of carboxylic acids is 1. The summed E-state index contributed by atoms with van der Waals surface area (Å²) < 4.78 is 5.92. The summed E-state index contributed by atoms with van der Waals surface area (Å²) in [6, 6.07) is 0. The third-order valence-electron chi connectivity index (χ3n) is 6.16. The van der Waals surface area contributed by atoms with E-state index in [0.717, 1.165) is 19.3 Å². The van der Waals surface area contributed by atoms with E-state index in [2.05, 4.69) is 46.8 Å². The number of carbonyl (C=O) groups is 2. The van der Waals surface area contributed by atoms with Gasteiger partial charge in [-0.05, 0) is 45.4 Å². The van der Waals surface area contributed by atoms with Crippen LogP contribution in [-0.2, 0) is 14.3 Å². The Kier molecular flexibility index (Phi) is 5.59. The molecular formula is C23H32NO4-. The fraction of sp³-hybridized carbons (Fsp3) is 0.652. The molecule has 2 fully saturated rings. The van der Waals surface area contributed by atoms with Crippen LogP contribution in [0.25, 0.3) is 0 Å². The number of carbonyl (C=O) groups excluding carboxylic acids is 2. The van der Waals surface area contributed by atoms with E-state index < -0.39 is 29.5 Å². The van der Waals surface area contributed by atoms with Crippen LogP contribution in [0.1, 0.15) is 53.9 Å². The van der Waals surface area contributed by atoms with Crippen molar-refractivity contribution in [2.45, 2.75) is 65.6 Å². The number of amides is 1. The first-order chi connectivity index (χ1) is 13.0. The predicted octanol–water partition coefficient (Wildman–Crippen LogP) is 2.63. The van der Waals surface area contributed by atoms with Crippen LogP contribution in [0.15, 0.2) is 35.5 Å². The molecule has 0 aromatic heterocycles. The Labute approximate surface area is 168 Å². The maximum absolute atomic E-state index is 13.0. The van der Waals surface area contributed by atoms with E-state index in [9.17, 15) is 14.7 Å². The summed E-state index contributed by atoms with van der Waals surface area (Å²) in [5.41, 5.74) is 1.82. The first kappa shape index (κ1) is 20.8. The molecule has 3 rings (SSSR count). The highest BCUT2D eigenvalue weighted by Gasteiger charge is 2.65. The maximum Gasteiger partial charge on any atom is 0.229 e. The number of fused-ring (bicyclic) bond motifs is 1. The summed E-state index contributed by atoms with van der Waals surface area (Å²) in [4.78, 5) is 26.4. The molecule has 0 aromatic carbocycles. The number of allylic oxidation sites excluding steroid dienone is 4. The number of rotatable bonds is 8. The number of aliphatic carboxylic acids is 1. The van der Waals surface area contributed by atoms with Crippen LogP contribution in [0.3, 0.4) is 0 Å². The minimum atomic E-state index is -1.19. The maximum atomic E-state index is 13.0. The van der Waals surface area contributed by atoms with E-state index in [1.54, 1.807) is 11.0 Å². The van der Waals surface area contributed by atoms with Crippen molar-refractivity contribution >= 4 is 11.9 Å². The third-order valence-corrected chi connectivity index (χ3v) is 6.16. The molecule has 5 nitrogen and oxygen atoms in total. The second-order valence-corrected chi connectivity index (χ2v) is 9.65. The Morgan fingerprint density at radius 2 is 2.07 bits per heavy atom. The quantitative estimate of drug-likeness (QED) is 0.601. The number of ether oxygens (including phenoxy) is 1. The van der Waals surface area contributed by atoms with Gasteiger partial charge in [0.1, 0.15) is 5.60 Å². The number of carboxylic acid groups (broad SMARTS) is 1. The smallest absolute Gasteiger partial charge is 0.229 e. The van der Waals surface area contributed by atoms with Gasteiger partial charge >= 0.3 is 0 Å². The zero-order chi connectivity index (χ0) is 20.7. The molecule has 0 saturated carbocycles. The SMILES string of the molecule is CC(C)=CCC/C(C)=C\CC(C)(C)CN1C[C@]23C=C[C@H](O2)[C@H](C(=O)[O-])[C@@H]3C1=O. The van der Waals surface area contributed by atoms with E-state index in [1.807, 2.05) is 6.08 Å². The molecular weight excluding hydrogens is 354 g/mol. The molecule has 2 bridgehead atoms. The normalized spacial score (nSPS) is 31.5. The highest BCUT2D eigenvalue weighted by Crippen LogP contribution is 2.52. The lowest BCUT2D eigenvalue weighted by molar-refractivity contribution is -0.313. The van der Waals surface area contributed by atoms with Gasteiger partial charge in [0, 0.05) is 18.4 Å². The van der Waals surface area contributed by atoms with Gasteiger partial charge in [0.15, 0.2) is 0 Å². The number of hydrogen-bond acceptors (Lipinski definition) is 4. The Balaban J connectivity index is 1.62. The summed E-state index contributed by atoms with van der Waals surface area (Å²) in [7, 11) is 0. The van der Waals surface area contributed by atoms with Crippen molar-refractivity contribution in [1.29, 1.82) is 0 Å². The Bertz CT molecular complexity index is 744. The van der Waals surface area contributed by atoms with Crippen LogP contribution in [0.5, 0.6) is 0 Å². The molecule has 3 aliphatic rings. The molecule has 1 amide bonds. The van der Waals surface area contributed by atoms with Gasteiger partial charge in [0.2, 0.25) is 5.91 Å². The fourth-order valence-electron chi connectivity index (χ4n) is 4.70. The fourth-order valence-corrected chi connectivity index (χ4v) is 4.70. The molecule has 0 aromatic rings. The average Bonchev–Trinajstić information content (AvgIpc) is 3.21. The zero-order valence-electron chi connectivity index (χ0n) is 17.7. The van der Waals surface area contributed by atoms with E-state index in [4.69, 9.17) is 4.74 Å². The summed E-state index contributed by atoms with van der Waals surface area (Å²) in [5, 5.41) is 11.6. The van der Waals surface area contributed by atoms with Gasteiger partial charge in [0.25, 0.3) is 0 Å². The van der Waals surface area contributed by atoms with Crippen LogP contribution < -0.4 is 5.11 Å². The molecule has 3 heterocycles. The standard InChI is InChI=1S/C23H33NO4/c1-15(2)7-6-8-16(3)9-11-22(4,5)13-24-14-23-12-10-17(28-23)18(21(26)27)19(23)20(24)25/h7,9-10,12,17-19H,6,8,11,13-14H2,1-5H3,(H,26,27)/p-1/b16-9-/t17-,18-,19+,23-/m0/s1. The van der Waals surface area contributed by atoms with E-state index >= 15 is 0 Å². The second kappa shape index (κ2) is 7.51. The summed E-state index contributed by atoms with van der Waals surface area (Å²) >= 11 is 0. The Hall–Kier alpha value is -1.88. The molecule has 4 atom stereocenters. The van der Waals surface area contributed by atoms with Crippen LogP contribution >= 0.6 is 0 Å². The van der Waals surface area contributed by atoms with Crippen LogP contribution in [0.2, 0.25) is 0 Å². The third kappa shape index (κ3) is 3.95. The van der Waals surface area contributed by atoms with Gasteiger partial charge < -0.3 is 19.5 Å². The molecule has 0 unspecified atom stereocenters. The molecule has 1 spiro atoms. The Morgan fingerprint density at radius 3 is 2.71 bits per heavy atom. The number of hydrogen-bond donors (Lipinski definition) is 0. The van der Waals surface area contributed by atoms with Gasteiger partial charge in [-0.25, -0.2) is 0 Å².